The van der Waals surface area contributed by atoms with E-state index in [1.807, 2.05) is 42.5 Å². The molecule has 4 rings (SSSR count). The number of sulfonamides is 1. The second-order valence-electron chi connectivity index (χ2n) is 8.86. The topological polar surface area (TPSA) is 72.9 Å². The maximum absolute atomic E-state index is 13.2. The lowest BCUT2D eigenvalue weighted by Crippen LogP contribution is -2.57. The third-order valence-corrected chi connectivity index (χ3v) is 9.23. The van der Waals surface area contributed by atoms with Gasteiger partial charge in [0.25, 0.3) is 10.0 Å². The van der Waals surface area contributed by atoms with Gasteiger partial charge >= 0.3 is 0 Å². The summed E-state index contributed by atoms with van der Waals surface area (Å²) in [5.74, 6) is 0. The molecule has 8 heteroatoms. The largest absolute Gasteiger partial charge is 0.386 e. The number of thiophene rings is 1. The van der Waals surface area contributed by atoms with Gasteiger partial charge in [-0.15, -0.1) is 11.3 Å². The van der Waals surface area contributed by atoms with Gasteiger partial charge in [-0.05, 0) is 48.6 Å². The Bertz CT molecular complexity index is 1130. The molecule has 0 unspecified atom stereocenters. The van der Waals surface area contributed by atoms with Gasteiger partial charge in [-0.2, -0.15) is 4.31 Å². The number of piperazine rings is 1. The highest BCUT2D eigenvalue weighted by molar-refractivity contribution is 7.91. The number of hydrogen-bond donors (Lipinski definition) is 2. The first-order valence-corrected chi connectivity index (χ1v) is 13.4. The smallest absolute Gasteiger partial charge is 0.252 e. The number of benzene rings is 2. The van der Waals surface area contributed by atoms with Crippen molar-refractivity contribution in [2.75, 3.05) is 31.1 Å². The molecule has 1 aliphatic heterocycles. The number of rotatable bonds is 8. The number of hydrogen-bond acceptors (Lipinski definition) is 6. The molecule has 6 nitrogen and oxygen atoms in total. The lowest BCUT2D eigenvalue weighted by molar-refractivity contribution is 0.0786. The van der Waals surface area contributed by atoms with Crippen molar-refractivity contribution in [1.82, 2.24) is 9.62 Å². The van der Waals surface area contributed by atoms with Gasteiger partial charge in [-0.25, -0.2) is 8.42 Å². The normalized spacial score (nSPS) is 17.9. The zero-order valence-electron chi connectivity index (χ0n) is 19.0. The fourth-order valence-corrected chi connectivity index (χ4v) is 6.75. The zero-order chi connectivity index (χ0) is 23.5. The minimum atomic E-state index is -3.50. The van der Waals surface area contributed by atoms with Gasteiger partial charge in [-0.1, -0.05) is 48.5 Å². The van der Waals surface area contributed by atoms with Crippen LogP contribution < -0.4 is 10.2 Å². The van der Waals surface area contributed by atoms with E-state index in [9.17, 15) is 13.5 Å². The monoisotopic (exact) mass is 485 g/mol. The third kappa shape index (κ3) is 5.65. The van der Waals surface area contributed by atoms with Crippen molar-refractivity contribution in [3.8, 4) is 0 Å². The van der Waals surface area contributed by atoms with Gasteiger partial charge in [0.15, 0.2) is 0 Å². The van der Waals surface area contributed by atoms with Crippen LogP contribution in [-0.4, -0.2) is 50.1 Å². The predicted octanol–water partition coefficient (Wildman–Crippen LogP) is 3.64. The Morgan fingerprint density at radius 2 is 1.76 bits per heavy atom. The first-order valence-electron chi connectivity index (χ1n) is 11.1. The van der Waals surface area contributed by atoms with Crippen LogP contribution in [0.2, 0.25) is 0 Å². The molecule has 1 aromatic heterocycles. The van der Waals surface area contributed by atoms with Crippen molar-refractivity contribution in [2.45, 2.75) is 36.2 Å². The second kappa shape index (κ2) is 9.95. The Morgan fingerprint density at radius 3 is 2.39 bits per heavy atom. The molecule has 2 aromatic carbocycles. The highest BCUT2D eigenvalue weighted by Gasteiger charge is 2.34. The van der Waals surface area contributed by atoms with Crippen LogP contribution in [0.5, 0.6) is 0 Å². The Balaban J connectivity index is 1.53. The quantitative estimate of drug-likeness (QED) is 0.510. The molecule has 1 fully saturated rings. The van der Waals surface area contributed by atoms with Crippen LogP contribution in [0.4, 0.5) is 5.69 Å². The molecule has 0 radical (unpaired) electrons. The van der Waals surface area contributed by atoms with Gasteiger partial charge in [0, 0.05) is 38.4 Å². The van der Waals surface area contributed by atoms with E-state index in [0.717, 1.165) is 17.8 Å². The average Bonchev–Trinajstić information content (AvgIpc) is 3.35. The van der Waals surface area contributed by atoms with Crippen molar-refractivity contribution in [1.29, 1.82) is 0 Å². The van der Waals surface area contributed by atoms with Crippen molar-refractivity contribution in [2.24, 2.45) is 0 Å². The molecule has 0 spiro atoms. The van der Waals surface area contributed by atoms with Crippen LogP contribution >= 0.6 is 11.3 Å². The van der Waals surface area contributed by atoms with Gasteiger partial charge in [0.1, 0.15) is 4.21 Å². The van der Waals surface area contributed by atoms with E-state index in [4.69, 9.17) is 0 Å². The van der Waals surface area contributed by atoms with Crippen LogP contribution in [0.15, 0.2) is 76.3 Å². The molecule has 0 amide bonds. The number of nitrogens with one attached hydrogen (secondary N) is 1. The summed E-state index contributed by atoms with van der Waals surface area (Å²) in [5.41, 5.74) is 2.17. The van der Waals surface area contributed by atoms with E-state index in [2.05, 4.69) is 22.3 Å². The summed E-state index contributed by atoms with van der Waals surface area (Å²) < 4.78 is 28.3. The highest BCUT2D eigenvalue weighted by Crippen LogP contribution is 2.28. The van der Waals surface area contributed by atoms with Crippen LogP contribution in [0.1, 0.15) is 25.0 Å². The molecule has 3 aromatic rings. The molecule has 0 aliphatic carbocycles. The average molecular weight is 486 g/mol. The summed E-state index contributed by atoms with van der Waals surface area (Å²) in [6, 6.07) is 21.5. The number of aliphatic hydroxyl groups is 1. The molecular formula is C25H31N3O3S2. The molecule has 1 saturated heterocycles. The molecular weight excluding hydrogens is 454 g/mol. The lowest BCUT2D eigenvalue weighted by Gasteiger charge is -2.42. The van der Waals surface area contributed by atoms with E-state index in [1.54, 1.807) is 35.7 Å². The first-order chi connectivity index (χ1) is 15.7. The number of anilines is 1. The second-order valence-corrected chi connectivity index (χ2v) is 12.0. The molecule has 2 N–H and O–H groups in total. The zero-order valence-corrected chi connectivity index (χ0v) is 20.6. The van der Waals surface area contributed by atoms with Crippen LogP contribution in [0.3, 0.4) is 0 Å². The fourth-order valence-electron chi connectivity index (χ4n) is 4.14. The van der Waals surface area contributed by atoms with Gasteiger partial charge in [-0.3, -0.25) is 0 Å². The minimum Gasteiger partial charge on any atom is -0.386 e. The molecule has 1 atom stereocenters. The maximum Gasteiger partial charge on any atom is 0.252 e. The summed E-state index contributed by atoms with van der Waals surface area (Å²) in [5, 5.41) is 15.6. The Kier molecular flexibility index (Phi) is 7.21. The SMILES string of the molecule is CC(C)(O)c1ccc(N2CCN(S(=O)(=O)c3cccs3)C[C@@H]2CNCc2ccccc2)cc1. The first kappa shape index (κ1) is 23.9. The minimum absolute atomic E-state index is 0.0230. The summed E-state index contributed by atoms with van der Waals surface area (Å²) in [4.78, 5) is 2.27. The highest BCUT2D eigenvalue weighted by atomic mass is 32.2. The van der Waals surface area contributed by atoms with E-state index < -0.39 is 15.6 Å². The Hall–Kier alpha value is -2.23. The Morgan fingerprint density at radius 1 is 1.03 bits per heavy atom. The maximum atomic E-state index is 13.2. The van der Waals surface area contributed by atoms with Crippen molar-refractivity contribution >= 4 is 27.0 Å². The van der Waals surface area contributed by atoms with E-state index >= 15 is 0 Å². The van der Waals surface area contributed by atoms with Gasteiger partial charge in [0.2, 0.25) is 0 Å². The van der Waals surface area contributed by atoms with E-state index in [0.29, 0.717) is 30.4 Å². The fraction of sp³-hybridized carbons (Fsp3) is 0.360. The lowest BCUT2D eigenvalue weighted by atomic mass is 9.98. The third-order valence-electron chi connectivity index (χ3n) is 5.99. The summed E-state index contributed by atoms with van der Waals surface area (Å²) in [6.07, 6.45) is 0. The molecule has 0 bridgehead atoms. The van der Waals surface area contributed by atoms with Crippen LogP contribution in [-0.2, 0) is 22.2 Å². The van der Waals surface area contributed by atoms with E-state index in [-0.39, 0.29) is 6.04 Å². The summed E-state index contributed by atoms with van der Waals surface area (Å²) >= 11 is 1.26. The van der Waals surface area contributed by atoms with Crippen molar-refractivity contribution in [3.63, 3.8) is 0 Å². The van der Waals surface area contributed by atoms with Gasteiger partial charge < -0.3 is 15.3 Å². The molecule has 176 valence electrons. The predicted molar refractivity (Wildman–Crippen MR) is 134 cm³/mol. The van der Waals surface area contributed by atoms with Gasteiger partial charge in [0.05, 0.1) is 11.6 Å². The standard InChI is InChI=1S/C25H31N3O3S2/c1-25(2,29)21-10-12-22(13-11-21)28-15-14-27(33(30,31)24-9-6-16-32-24)19-23(28)18-26-17-20-7-4-3-5-8-20/h3-13,16,23,26,29H,14-15,17-19H2,1-2H3/t23-/m0/s1. The molecule has 1 aliphatic rings. The van der Waals surface area contributed by atoms with Crippen molar-refractivity contribution in [3.05, 3.63) is 83.2 Å². The Labute approximate surface area is 200 Å². The number of nitrogens with zero attached hydrogens (tertiary/aromatic N) is 2. The summed E-state index contributed by atoms with van der Waals surface area (Å²) in [7, 11) is -3.50. The van der Waals surface area contributed by atoms with E-state index in [1.165, 1.54) is 16.9 Å². The van der Waals surface area contributed by atoms with Crippen molar-refractivity contribution < 1.29 is 13.5 Å². The summed E-state index contributed by atoms with van der Waals surface area (Å²) in [6.45, 7) is 6.36. The molecule has 2 heterocycles. The van der Waals surface area contributed by atoms with Crippen LogP contribution in [0, 0.1) is 0 Å². The molecule has 0 saturated carbocycles. The van der Waals surface area contributed by atoms with Crippen LogP contribution in [0.25, 0.3) is 0 Å². The molecule has 33 heavy (non-hydrogen) atoms.